The Morgan fingerprint density at radius 1 is 1.18 bits per heavy atom. The number of para-hydroxylation sites is 1. The molecule has 3 heterocycles. The second kappa shape index (κ2) is 4.83. The molecule has 0 bridgehead atoms. The van der Waals surface area contributed by atoms with E-state index in [1.165, 1.54) is 11.3 Å². The van der Waals surface area contributed by atoms with Gasteiger partial charge in [0.1, 0.15) is 6.17 Å². The maximum atomic E-state index is 4.60. The van der Waals surface area contributed by atoms with E-state index in [2.05, 4.69) is 64.6 Å². The largest absolute Gasteiger partial charge is 0.335 e. The van der Waals surface area contributed by atoms with Crippen LogP contribution in [0.2, 0.25) is 0 Å². The van der Waals surface area contributed by atoms with Gasteiger partial charge in [-0.2, -0.15) is 0 Å². The van der Waals surface area contributed by atoms with Gasteiger partial charge in [0.25, 0.3) is 0 Å². The van der Waals surface area contributed by atoms with Crippen molar-refractivity contribution in [3.05, 3.63) is 54.9 Å². The topological polar surface area (TPSA) is 32.3 Å². The highest BCUT2D eigenvalue weighted by Crippen LogP contribution is 2.52. The van der Waals surface area contributed by atoms with Crippen LogP contribution in [0.1, 0.15) is 24.8 Å². The van der Waals surface area contributed by atoms with Crippen molar-refractivity contribution in [2.45, 2.75) is 25.4 Å². The van der Waals surface area contributed by atoms with Crippen LogP contribution in [0, 0.1) is 5.92 Å². The highest BCUT2D eigenvalue weighted by Gasteiger charge is 2.47. The van der Waals surface area contributed by atoms with E-state index in [0.717, 1.165) is 18.1 Å². The van der Waals surface area contributed by atoms with Gasteiger partial charge in [-0.1, -0.05) is 31.2 Å². The summed E-state index contributed by atoms with van der Waals surface area (Å²) in [6.45, 7) is 6.28. The molecule has 3 atom stereocenters. The molecule has 4 rings (SSSR count). The lowest BCUT2D eigenvalue weighted by molar-refractivity contribution is 0.362. The van der Waals surface area contributed by atoms with Crippen molar-refractivity contribution in [2.24, 2.45) is 5.92 Å². The number of nitrogens with zero attached hydrogens (tertiary/aromatic N) is 4. The predicted molar refractivity (Wildman–Crippen MR) is 89.5 cm³/mol. The second-order valence-electron chi connectivity index (χ2n) is 6.15. The SMILES string of the molecule is C=CCC1c2ccccc2N2c3nccnc3N(C)C2C1C. The zero-order valence-electron chi connectivity index (χ0n) is 13.0. The highest BCUT2D eigenvalue weighted by molar-refractivity contribution is 5.80. The number of anilines is 3. The van der Waals surface area contributed by atoms with Crippen LogP contribution in [0.3, 0.4) is 0 Å². The smallest absolute Gasteiger partial charge is 0.178 e. The summed E-state index contributed by atoms with van der Waals surface area (Å²) in [5.74, 6) is 2.88. The minimum atomic E-state index is 0.261. The van der Waals surface area contributed by atoms with Crippen LogP contribution < -0.4 is 9.80 Å². The van der Waals surface area contributed by atoms with Crippen molar-refractivity contribution in [1.82, 2.24) is 9.97 Å². The first kappa shape index (κ1) is 13.3. The molecule has 2 aliphatic rings. The molecular weight excluding hydrogens is 272 g/mol. The molecule has 0 radical (unpaired) electrons. The Balaban J connectivity index is 1.94. The molecule has 2 aromatic rings. The van der Waals surface area contributed by atoms with Crippen molar-refractivity contribution >= 4 is 17.3 Å². The quantitative estimate of drug-likeness (QED) is 0.790. The maximum absolute atomic E-state index is 4.60. The summed E-state index contributed by atoms with van der Waals surface area (Å²) in [7, 11) is 2.12. The monoisotopic (exact) mass is 292 g/mol. The highest BCUT2D eigenvalue weighted by atomic mass is 15.5. The predicted octanol–water partition coefficient (Wildman–Crippen LogP) is 3.70. The van der Waals surface area contributed by atoms with Crippen molar-refractivity contribution in [2.75, 3.05) is 16.8 Å². The summed E-state index contributed by atoms with van der Waals surface area (Å²) in [5.41, 5.74) is 2.64. The average Bonchev–Trinajstić information content (AvgIpc) is 2.85. The van der Waals surface area contributed by atoms with Gasteiger partial charge in [-0.3, -0.25) is 0 Å². The van der Waals surface area contributed by atoms with E-state index < -0.39 is 0 Å². The van der Waals surface area contributed by atoms with E-state index in [0.29, 0.717) is 11.8 Å². The zero-order chi connectivity index (χ0) is 15.3. The van der Waals surface area contributed by atoms with Gasteiger partial charge >= 0.3 is 0 Å². The third kappa shape index (κ3) is 1.64. The summed E-state index contributed by atoms with van der Waals surface area (Å²) >= 11 is 0. The van der Waals surface area contributed by atoms with Gasteiger partial charge in [0.2, 0.25) is 0 Å². The lowest BCUT2D eigenvalue weighted by Crippen LogP contribution is -2.49. The number of fused-ring (bicyclic) bond motifs is 5. The van der Waals surface area contributed by atoms with Crippen LogP contribution in [0.5, 0.6) is 0 Å². The number of benzene rings is 1. The summed E-state index contributed by atoms with van der Waals surface area (Å²) in [5, 5.41) is 0. The van der Waals surface area contributed by atoms with Crippen LogP contribution in [-0.4, -0.2) is 23.2 Å². The molecule has 0 aliphatic carbocycles. The molecule has 112 valence electrons. The Hall–Kier alpha value is -2.36. The van der Waals surface area contributed by atoms with Gasteiger partial charge in [-0.25, -0.2) is 9.97 Å². The molecule has 2 aliphatic heterocycles. The Kier molecular flexibility index (Phi) is 2.93. The van der Waals surface area contributed by atoms with Gasteiger partial charge in [-0.05, 0) is 24.0 Å². The molecule has 4 nitrogen and oxygen atoms in total. The Bertz CT molecular complexity index is 727. The number of allylic oxidation sites excluding steroid dienone is 1. The molecule has 1 aromatic carbocycles. The third-order valence-corrected chi connectivity index (χ3v) is 5.01. The fourth-order valence-electron chi connectivity index (χ4n) is 4.04. The van der Waals surface area contributed by atoms with Crippen molar-refractivity contribution in [3.63, 3.8) is 0 Å². The molecule has 0 fully saturated rings. The fraction of sp³-hybridized carbons (Fsp3) is 0.333. The van der Waals surface area contributed by atoms with Crippen LogP contribution >= 0.6 is 0 Å². The first-order valence-corrected chi connectivity index (χ1v) is 7.77. The Morgan fingerprint density at radius 2 is 1.91 bits per heavy atom. The number of hydrogen-bond acceptors (Lipinski definition) is 4. The van der Waals surface area contributed by atoms with E-state index in [1.807, 2.05) is 6.08 Å². The first-order valence-electron chi connectivity index (χ1n) is 7.77. The molecule has 0 spiro atoms. The molecular formula is C18H20N4. The van der Waals surface area contributed by atoms with Gasteiger partial charge in [0.15, 0.2) is 11.6 Å². The molecule has 0 saturated carbocycles. The third-order valence-electron chi connectivity index (χ3n) is 5.01. The zero-order valence-corrected chi connectivity index (χ0v) is 13.0. The van der Waals surface area contributed by atoms with Gasteiger partial charge in [0, 0.05) is 31.0 Å². The minimum absolute atomic E-state index is 0.261. The van der Waals surface area contributed by atoms with Crippen LogP contribution in [0.4, 0.5) is 17.3 Å². The molecule has 3 unspecified atom stereocenters. The van der Waals surface area contributed by atoms with E-state index in [-0.39, 0.29) is 6.17 Å². The number of hydrogen-bond donors (Lipinski definition) is 0. The normalized spacial score (nSPS) is 25.5. The molecule has 22 heavy (non-hydrogen) atoms. The Labute approximate surface area is 131 Å². The average molecular weight is 292 g/mol. The summed E-state index contributed by atoms with van der Waals surface area (Å²) in [4.78, 5) is 13.8. The first-order chi connectivity index (χ1) is 10.7. The van der Waals surface area contributed by atoms with Crippen molar-refractivity contribution in [3.8, 4) is 0 Å². The van der Waals surface area contributed by atoms with Crippen molar-refractivity contribution in [1.29, 1.82) is 0 Å². The van der Waals surface area contributed by atoms with Gasteiger partial charge in [-0.15, -0.1) is 6.58 Å². The number of rotatable bonds is 2. The summed E-state index contributed by atoms with van der Waals surface area (Å²) < 4.78 is 0. The molecule has 1 aromatic heterocycles. The van der Waals surface area contributed by atoms with E-state index in [4.69, 9.17) is 0 Å². The minimum Gasteiger partial charge on any atom is -0.335 e. The molecule has 0 amide bonds. The van der Waals surface area contributed by atoms with Crippen LogP contribution in [0.15, 0.2) is 49.3 Å². The lowest BCUT2D eigenvalue weighted by atomic mass is 9.78. The van der Waals surface area contributed by atoms with Crippen molar-refractivity contribution < 1.29 is 0 Å². The summed E-state index contributed by atoms with van der Waals surface area (Å²) in [6, 6.07) is 8.66. The van der Waals surface area contributed by atoms with E-state index in [1.54, 1.807) is 12.4 Å². The van der Waals surface area contributed by atoms with Crippen LogP contribution in [-0.2, 0) is 0 Å². The fourth-order valence-corrected chi connectivity index (χ4v) is 4.04. The number of aromatic nitrogens is 2. The Morgan fingerprint density at radius 3 is 2.68 bits per heavy atom. The standard InChI is InChI=1S/C18H20N4/c1-4-7-13-12(2)18-21(3)16-17(20-11-10-19-16)22(18)15-9-6-5-8-14(13)15/h4-6,8-13,18H,1,7H2,2-3H3. The second-order valence-corrected chi connectivity index (χ2v) is 6.15. The molecule has 4 heteroatoms. The van der Waals surface area contributed by atoms with Gasteiger partial charge in [0.05, 0.1) is 0 Å². The molecule has 0 N–H and O–H groups in total. The summed E-state index contributed by atoms with van der Waals surface area (Å²) in [6.07, 6.45) is 6.83. The van der Waals surface area contributed by atoms with E-state index >= 15 is 0 Å². The molecule has 0 saturated heterocycles. The van der Waals surface area contributed by atoms with Gasteiger partial charge < -0.3 is 9.80 Å². The lowest BCUT2D eigenvalue weighted by Gasteiger charge is -2.44. The van der Waals surface area contributed by atoms with E-state index in [9.17, 15) is 0 Å². The van der Waals surface area contributed by atoms with Crippen LogP contribution in [0.25, 0.3) is 0 Å². The maximum Gasteiger partial charge on any atom is 0.178 e.